The number of rotatable bonds is 2. The molecule has 3 nitrogen and oxygen atoms in total. The molecule has 2 aliphatic heterocycles. The van der Waals surface area contributed by atoms with Crippen molar-refractivity contribution in [3.8, 4) is 0 Å². The lowest BCUT2D eigenvalue weighted by atomic mass is 10.0. The highest BCUT2D eigenvalue weighted by Crippen LogP contribution is 2.16. The number of hydrogen-bond donors (Lipinski definition) is 1. The zero-order chi connectivity index (χ0) is 10.7. The normalized spacial score (nSPS) is 32.8. The fourth-order valence-electron chi connectivity index (χ4n) is 2.45. The van der Waals surface area contributed by atoms with Crippen molar-refractivity contribution in [2.75, 3.05) is 32.8 Å². The van der Waals surface area contributed by atoms with Gasteiger partial charge < -0.3 is 10.1 Å². The minimum Gasteiger partial charge on any atom is -0.377 e. The lowest BCUT2D eigenvalue weighted by Gasteiger charge is -2.25. The fraction of sp³-hybridized carbons (Fsp3) is 1.00. The van der Waals surface area contributed by atoms with E-state index >= 15 is 0 Å². The van der Waals surface area contributed by atoms with Gasteiger partial charge in [0, 0.05) is 38.3 Å². The van der Waals surface area contributed by atoms with Crippen LogP contribution >= 0.6 is 0 Å². The quantitative estimate of drug-likeness (QED) is 0.745. The Morgan fingerprint density at radius 3 is 3.00 bits per heavy atom. The average molecular weight is 212 g/mol. The van der Waals surface area contributed by atoms with Gasteiger partial charge in [-0.15, -0.1) is 0 Å². The first-order valence-corrected chi connectivity index (χ1v) is 6.25. The Labute approximate surface area is 93.2 Å². The summed E-state index contributed by atoms with van der Waals surface area (Å²) in [5.74, 6) is 0. The van der Waals surface area contributed by atoms with Gasteiger partial charge in [-0.05, 0) is 33.1 Å². The minimum absolute atomic E-state index is 0.311. The van der Waals surface area contributed by atoms with Crippen LogP contribution < -0.4 is 5.32 Å². The number of hydrogen-bond acceptors (Lipinski definition) is 3. The number of nitrogens with one attached hydrogen (secondary N) is 1. The van der Waals surface area contributed by atoms with E-state index in [4.69, 9.17) is 4.74 Å². The Hall–Kier alpha value is -0.120. The zero-order valence-corrected chi connectivity index (χ0v) is 10.1. The summed E-state index contributed by atoms with van der Waals surface area (Å²) in [4.78, 5) is 2.55. The second-order valence-electron chi connectivity index (χ2n) is 5.50. The van der Waals surface area contributed by atoms with Crippen LogP contribution in [0.1, 0.15) is 33.1 Å². The highest BCUT2D eigenvalue weighted by Gasteiger charge is 2.25. The third-order valence-corrected chi connectivity index (χ3v) is 3.57. The van der Waals surface area contributed by atoms with Crippen molar-refractivity contribution in [1.29, 1.82) is 0 Å². The monoisotopic (exact) mass is 212 g/mol. The number of ether oxygens (including phenoxy) is 1. The molecule has 1 N–H and O–H groups in total. The molecule has 0 radical (unpaired) electrons. The molecule has 0 aromatic heterocycles. The topological polar surface area (TPSA) is 24.5 Å². The molecule has 2 saturated heterocycles. The van der Waals surface area contributed by atoms with Crippen LogP contribution in [0.15, 0.2) is 0 Å². The molecule has 2 fully saturated rings. The maximum atomic E-state index is 5.69. The van der Waals surface area contributed by atoms with E-state index in [0.29, 0.717) is 11.6 Å². The molecule has 0 aromatic carbocycles. The summed E-state index contributed by atoms with van der Waals surface area (Å²) in [6, 6.07) is 0. The predicted octanol–water partition coefficient (Wildman–Crippen LogP) is 1.24. The maximum Gasteiger partial charge on any atom is 0.0702 e. The second-order valence-corrected chi connectivity index (χ2v) is 5.50. The summed E-state index contributed by atoms with van der Waals surface area (Å²) >= 11 is 0. The van der Waals surface area contributed by atoms with Crippen LogP contribution in [0.4, 0.5) is 0 Å². The minimum atomic E-state index is 0.311. The molecule has 2 rings (SSSR count). The molecule has 0 amide bonds. The van der Waals surface area contributed by atoms with Gasteiger partial charge in [0.1, 0.15) is 0 Å². The van der Waals surface area contributed by atoms with Crippen molar-refractivity contribution >= 4 is 0 Å². The molecule has 88 valence electrons. The largest absolute Gasteiger partial charge is 0.377 e. The Morgan fingerprint density at radius 2 is 2.27 bits per heavy atom. The summed E-state index contributed by atoms with van der Waals surface area (Å²) in [7, 11) is 0. The summed E-state index contributed by atoms with van der Waals surface area (Å²) in [6.45, 7) is 10.2. The maximum absolute atomic E-state index is 5.69. The summed E-state index contributed by atoms with van der Waals surface area (Å²) < 4.78 is 5.69. The third kappa shape index (κ3) is 3.44. The Kier molecular flexibility index (Phi) is 3.65. The lowest BCUT2D eigenvalue weighted by Crippen LogP contribution is -2.39. The van der Waals surface area contributed by atoms with Crippen LogP contribution in [0.5, 0.6) is 0 Å². The van der Waals surface area contributed by atoms with Crippen molar-refractivity contribution in [1.82, 2.24) is 10.2 Å². The predicted molar refractivity (Wildman–Crippen MR) is 62.1 cm³/mol. The van der Waals surface area contributed by atoms with E-state index in [0.717, 1.165) is 19.7 Å². The van der Waals surface area contributed by atoms with E-state index < -0.39 is 0 Å². The van der Waals surface area contributed by atoms with Gasteiger partial charge in [-0.1, -0.05) is 0 Å². The average Bonchev–Trinajstić information content (AvgIpc) is 2.60. The molecule has 0 bridgehead atoms. The Balaban J connectivity index is 1.78. The molecule has 15 heavy (non-hydrogen) atoms. The standard InChI is InChI=1S/C12H24N2O/c1-12(2)5-7-14(8-6-13-12)10-11-4-3-9-15-11/h11,13H,3-10H2,1-2H3. The smallest absolute Gasteiger partial charge is 0.0702 e. The van der Waals surface area contributed by atoms with Crippen molar-refractivity contribution < 1.29 is 4.74 Å². The van der Waals surface area contributed by atoms with E-state index in [1.54, 1.807) is 0 Å². The Morgan fingerprint density at radius 1 is 1.40 bits per heavy atom. The van der Waals surface area contributed by atoms with E-state index in [2.05, 4.69) is 24.1 Å². The highest BCUT2D eigenvalue weighted by molar-refractivity contribution is 4.84. The van der Waals surface area contributed by atoms with Gasteiger partial charge in [0.2, 0.25) is 0 Å². The molecular formula is C12H24N2O. The molecule has 1 atom stereocenters. The van der Waals surface area contributed by atoms with Crippen LogP contribution in [0.3, 0.4) is 0 Å². The molecule has 1 unspecified atom stereocenters. The molecule has 2 heterocycles. The Bertz CT molecular complexity index is 200. The summed E-state index contributed by atoms with van der Waals surface area (Å²) in [5, 5.41) is 3.59. The summed E-state index contributed by atoms with van der Waals surface area (Å²) in [6.07, 6.45) is 4.25. The summed E-state index contributed by atoms with van der Waals surface area (Å²) in [5.41, 5.74) is 0.311. The van der Waals surface area contributed by atoms with E-state index in [1.165, 1.54) is 32.4 Å². The van der Waals surface area contributed by atoms with Gasteiger partial charge in [-0.3, -0.25) is 4.90 Å². The van der Waals surface area contributed by atoms with Crippen LogP contribution in [0.2, 0.25) is 0 Å². The highest BCUT2D eigenvalue weighted by atomic mass is 16.5. The lowest BCUT2D eigenvalue weighted by molar-refractivity contribution is 0.0748. The first kappa shape index (κ1) is 11.4. The molecule has 0 aromatic rings. The van der Waals surface area contributed by atoms with Crippen LogP contribution in [-0.2, 0) is 4.74 Å². The molecule has 0 aliphatic carbocycles. The second kappa shape index (κ2) is 4.81. The van der Waals surface area contributed by atoms with Crippen LogP contribution in [0, 0.1) is 0 Å². The van der Waals surface area contributed by atoms with Crippen molar-refractivity contribution in [3.05, 3.63) is 0 Å². The van der Waals surface area contributed by atoms with Gasteiger partial charge in [0.15, 0.2) is 0 Å². The van der Waals surface area contributed by atoms with E-state index in [-0.39, 0.29) is 0 Å². The first-order chi connectivity index (χ1) is 7.16. The van der Waals surface area contributed by atoms with E-state index in [1.807, 2.05) is 0 Å². The van der Waals surface area contributed by atoms with Crippen LogP contribution in [-0.4, -0.2) is 49.3 Å². The molecule has 2 aliphatic rings. The van der Waals surface area contributed by atoms with Gasteiger partial charge >= 0.3 is 0 Å². The van der Waals surface area contributed by atoms with Crippen molar-refractivity contribution in [2.24, 2.45) is 0 Å². The molecule has 0 spiro atoms. The van der Waals surface area contributed by atoms with Crippen molar-refractivity contribution in [2.45, 2.75) is 44.8 Å². The first-order valence-electron chi connectivity index (χ1n) is 6.25. The van der Waals surface area contributed by atoms with E-state index in [9.17, 15) is 0 Å². The zero-order valence-electron chi connectivity index (χ0n) is 10.1. The SMILES string of the molecule is CC1(C)CCN(CC2CCCO2)CCN1. The molecular weight excluding hydrogens is 188 g/mol. The van der Waals surface area contributed by atoms with Gasteiger partial charge in [0.05, 0.1) is 6.10 Å². The van der Waals surface area contributed by atoms with Crippen molar-refractivity contribution in [3.63, 3.8) is 0 Å². The van der Waals surface area contributed by atoms with Gasteiger partial charge in [-0.2, -0.15) is 0 Å². The molecule has 0 saturated carbocycles. The van der Waals surface area contributed by atoms with Crippen LogP contribution in [0.25, 0.3) is 0 Å². The van der Waals surface area contributed by atoms with Gasteiger partial charge in [-0.25, -0.2) is 0 Å². The third-order valence-electron chi connectivity index (χ3n) is 3.57. The molecule has 3 heteroatoms. The fourth-order valence-corrected chi connectivity index (χ4v) is 2.45. The van der Waals surface area contributed by atoms with Gasteiger partial charge in [0.25, 0.3) is 0 Å². The number of nitrogens with zero attached hydrogens (tertiary/aromatic N) is 1.